The van der Waals surface area contributed by atoms with E-state index in [0.29, 0.717) is 28.0 Å². The number of anilines is 1. The molecule has 3 aromatic rings. The highest BCUT2D eigenvalue weighted by molar-refractivity contribution is 6.31. The van der Waals surface area contributed by atoms with Crippen LogP contribution in [0.15, 0.2) is 41.1 Å². The highest BCUT2D eigenvalue weighted by atomic mass is 35.5. The fraction of sp³-hybridized carbons (Fsp3) is 0.133. The summed E-state index contributed by atoms with van der Waals surface area (Å²) >= 11 is 5.99. The van der Waals surface area contributed by atoms with Crippen molar-refractivity contribution in [1.29, 1.82) is 0 Å². The van der Waals surface area contributed by atoms with Crippen LogP contribution in [0.3, 0.4) is 0 Å². The lowest BCUT2D eigenvalue weighted by Gasteiger charge is -2.00. The quantitative estimate of drug-likeness (QED) is 0.748. The Morgan fingerprint density at radius 1 is 1.29 bits per heavy atom. The van der Waals surface area contributed by atoms with Crippen LogP contribution >= 0.6 is 11.6 Å². The molecule has 6 heteroatoms. The first kappa shape index (κ1) is 13.6. The maximum Gasteiger partial charge on any atom is 0.258 e. The highest BCUT2D eigenvalue weighted by Gasteiger charge is 2.14. The van der Waals surface area contributed by atoms with E-state index in [1.54, 1.807) is 24.4 Å². The molecular formula is C15H13ClN4O. The van der Waals surface area contributed by atoms with Crippen LogP contribution in [0.4, 0.5) is 5.69 Å². The Kier molecular flexibility index (Phi) is 3.58. The van der Waals surface area contributed by atoms with Gasteiger partial charge in [-0.05, 0) is 36.2 Å². The van der Waals surface area contributed by atoms with Gasteiger partial charge in [-0.25, -0.2) is 0 Å². The van der Waals surface area contributed by atoms with Gasteiger partial charge >= 0.3 is 0 Å². The Morgan fingerprint density at radius 3 is 2.90 bits per heavy atom. The van der Waals surface area contributed by atoms with Crippen molar-refractivity contribution >= 4 is 17.3 Å². The molecule has 2 heterocycles. The van der Waals surface area contributed by atoms with Crippen LogP contribution in [-0.2, 0) is 6.42 Å². The first-order chi connectivity index (χ1) is 10.2. The van der Waals surface area contributed by atoms with Gasteiger partial charge in [0.05, 0.1) is 0 Å². The van der Waals surface area contributed by atoms with Crippen LogP contribution < -0.4 is 5.73 Å². The smallest absolute Gasteiger partial charge is 0.258 e. The molecule has 21 heavy (non-hydrogen) atoms. The number of hydrogen-bond donors (Lipinski definition) is 1. The molecule has 106 valence electrons. The van der Waals surface area contributed by atoms with Gasteiger partial charge in [0.15, 0.2) is 0 Å². The summed E-state index contributed by atoms with van der Waals surface area (Å²) in [4.78, 5) is 8.71. The van der Waals surface area contributed by atoms with E-state index >= 15 is 0 Å². The van der Waals surface area contributed by atoms with Gasteiger partial charge in [-0.1, -0.05) is 29.7 Å². The van der Waals surface area contributed by atoms with Crippen LogP contribution in [0.5, 0.6) is 0 Å². The molecule has 0 saturated heterocycles. The van der Waals surface area contributed by atoms with E-state index in [0.717, 1.165) is 17.7 Å². The molecule has 1 aromatic carbocycles. The third-order valence-corrected chi connectivity index (χ3v) is 3.30. The minimum Gasteiger partial charge on any atom is -0.399 e. The molecule has 0 radical (unpaired) electrons. The number of nitrogen functional groups attached to an aromatic ring is 1. The highest BCUT2D eigenvalue weighted by Crippen LogP contribution is 2.27. The number of aromatic nitrogens is 3. The molecule has 0 spiro atoms. The lowest BCUT2D eigenvalue weighted by Crippen LogP contribution is -1.92. The fourth-order valence-corrected chi connectivity index (χ4v) is 2.34. The summed E-state index contributed by atoms with van der Waals surface area (Å²) in [7, 11) is 0. The van der Waals surface area contributed by atoms with E-state index in [-0.39, 0.29) is 0 Å². The number of nitrogens with zero attached hydrogens (tertiary/aromatic N) is 3. The number of hydrogen-bond acceptors (Lipinski definition) is 5. The number of benzene rings is 1. The minimum absolute atomic E-state index is 0.368. The average Bonchev–Trinajstić information content (AvgIpc) is 2.96. The molecule has 0 unspecified atom stereocenters. The Labute approximate surface area is 126 Å². The van der Waals surface area contributed by atoms with E-state index in [4.69, 9.17) is 21.9 Å². The molecule has 0 bridgehead atoms. The predicted molar refractivity (Wildman–Crippen MR) is 81.8 cm³/mol. The maximum absolute atomic E-state index is 5.99. The van der Waals surface area contributed by atoms with Gasteiger partial charge in [-0.2, -0.15) is 4.98 Å². The van der Waals surface area contributed by atoms with Crippen molar-refractivity contribution in [3.05, 3.63) is 47.1 Å². The zero-order valence-electron chi connectivity index (χ0n) is 11.4. The summed E-state index contributed by atoms with van der Waals surface area (Å²) < 4.78 is 5.30. The summed E-state index contributed by atoms with van der Waals surface area (Å²) in [5.41, 5.74) is 8.80. The van der Waals surface area contributed by atoms with E-state index in [1.165, 1.54) is 0 Å². The second-order valence-corrected chi connectivity index (χ2v) is 5.00. The van der Waals surface area contributed by atoms with Crippen LogP contribution in [-0.4, -0.2) is 15.1 Å². The third kappa shape index (κ3) is 2.73. The Bertz CT molecular complexity index is 765. The monoisotopic (exact) mass is 300 g/mol. The first-order valence-electron chi connectivity index (χ1n) is 6.52. The standard InChI is InChI=1S/C15H13ClN4O/c1-2-9-4-3-5-18-13(9)14-19-15(21-20-14)10-6-11(16)8-12(17)7-10/h3-8H,2,17H2,1H3. The van der Waals surface area contributed by atoms with E-state index in [1.807, 2.05) is 12.1 Å². The fourth-order valence-electron chi connectivity index (χ4n) is 2.10. The van der Waals surface area contributed by atoms with Crippen molar-refractivity contribution in [2.24, 2.45) is 0 Å². The molecule has 0 fully saturated rings. The second kappa shape index (κ2) is 5.54. The van der Waals surface area contributed by atoms with Gasteiger partial charge in [-0.3, -0.25) is 4.98 Å². The molecule has 0 aliphatic carbocycles. The summed E-state index contributed by atoms with van der Waals surface area (Å²) in [6, 6.07) is 9.02. The zero-order chi connectivity index (χ0) is 14.8. The topological polar surface area (TPSA) is 77.8 Å². The van der Waals surface area contributed by atoms with Gasteiger partial charge in [0.25, 0.3) is 5.89 Å². The van der Waals surface area contributed by atoms with Gasteiger partial charge in [0.1, 0.15) is 5.69 Å². The van der Waals surface area contributed by atoms with Gasteiger partial charge < -0.3 is 10.3 Å². The Balaban J connectivity index is 2.04. The molecule has 0 amide bonds. The molecule has 2 N–H and O–H groups in total. The van der Waals surface area contributed by atoms with Crippen molar-refractivity contribution in [2.75, 3.05) is 5.73 Å². The lowest BCUT2D eigenvalue weighted by molar-refractivity contribution is 0.432. The van der Waals surface area contributed by atoms with Crippen molar-refractivity contribution in [2.45, 2.75) is 13.3 Å². The summed E-state index contributed by atoms with van der Waals surface area (Å²) in [5, 5.41) is 4.52. The lowest BCUT2D eigenvalue weighted by atomic mass is 10.1. The van der Waals surface area contributed by atoms with Gasteiger partial charge in [0, 0.05) is 22.5 Å². The van der Waals surface area contributed by atoms with Crippen LogP contribution in [0, 0.1) is 0 Å². The Morgan fingerprint density at radius 2 is 2.14 bits per heavy atom. The van der Waals surface area contributed by atoms with E-state index in [2.05, 4.69) is 22.0 Å². The second-order valence-electron chi connectivity index (χ2n) is 4.56. The van der Waals surface area contributed by atoms with Crippen LogP contribution in [0.2, 0.25) is 5.02 Å². The van der Waals surface area contributed by atoms with Crippen LogP contribution in [0.25, 0.3) is 23.0 Å². The molecule has 0 atom stereocenters. The Hall–Kier alpha value is -2.40. The normalized spacial score (nSPS) is 10.8. The summed E-state index contributed by atoms with van der Waals surface area (Å²) in [5.74, 6) is 0.827. The molecule has 0 aliphatic rings. The average molecular weight is 301 g/mol. The van der Waals surface area contributed by atoms with Crippen LogP contribution in [0.1, 0.15) is 12.5 Å². The van der Waals surface area contributed by atoms with E-state index in [9.17, 15) is 0 Å². The first-order valence-corrected chi connectivity index (χ1v) is 6.89. The predicted octanol–water partition coefficient (Wildman–Crippen LogP) is 3.60. The number of pyridine rings is 1. The van der Waals surface area contributed by atoms with E-state index < -0.39 is 0 Å². The maximum atomic E-state index is 5.99. The largest absolute Gasteiger partial charge is 0.399 e. The SMILES string of the molecule is CCc1cccnc1-c1noc(-c2cc(N)cc(Cl)c2)n1. The minimum atomic E-state index is 0.368. The van der Waals surface area contributed by atoms with Crippen molar-refractivity contribution in [1.82, 2.24) is 15.1 Å². The molecule has 0 saturated carbocycles. The van der Waals surface area contributed by atoms with Crippen molar-refractivity contribution in [3.63, 3.8) is 0 Å². The summed E-state index contributed by atoms with van der Waals surface area (Å²) in [6.45, 7) is 2.05. The van der Waals surface area contributed by atoms with Gasteiger partial charge in [-0.15, -0.1) is 0 Å². The number of aryl methyl sites for hydroxylation is 1. The molecule has 0 aliphatic heterocycles. The number of rotatable bonds is 3. The molecule has 5 nitrogen and oxygen atoms in total. The number of halogens is 1. The zero-order valence-corrected chi connectivity index (χ0v) is 12.1. The van der Waals surface area contributed by atoms with Gasteiger partial charge in [0.2, 0.25) is 5.82 Å². The molecular weight excluding hydrogens is 288 g/mol. The number of nitrogens with two attached hydrogens (primary N) is 1. The summed E-state index contributed by atoms with van der Waals surface area (Å²) in [6.07, 6.45) is 2.55. The van der Waals surface area contributed by atoms with Crippen molar-refractivity contribution in [3.8, 4) is 23.0 Å². The molecule has 2 aromatic heterocycles. The molecule has 3 rings (SSSR count). The van der Waals surface area contributed by atoms with Crippen molar-refractivity contribution < 1.29 is 4.52 Å². The third-order valence-electron chi connectivity index (χ3n) is 3.08.